The molecule has 0 bridgehead atoms. The van der Waals surface area contributed by atoms with Gasteiger partial charge in [0.25, 0.3) is 0 Å². The van der Waals surface area contributed by atoms with Crippen molar-refractivity contribution in [3.63, 3.8) is 0 Å². The van der Waals surface area contributed by atoms with E-state index in [1.54, 1.807) is 12.1 Å². The van der Waals surface area contributed by atoms with E-state index in [0.29, 0.717) is 11.5 Å². The van der Waals surface area contributed by atoms with Crippen molar-refractivity contribution in [3.8, 4) is 0 Å². The number of rotatable bonds is 6. The highest BCUT2D eigenvalue weighted by Crippen LogP contribution is 2.24. The standard InChI is InChI=1S/C13H20N2O3S2/c1-2-19(16)9-8-15-20(17,18)12-5-6-13-11(10-12)4-3-7-14-13/h5-6,10,14-15H,2-4,7-9H2,1H3. The minimum Gasteiger partial charge on any atom is -0.385 e. The molecule has 1 aromatic rings. The van der Waals surface area contributed by atoms with Crippen molar-refractivity contribution in [2.24, 2.45) is 0 Å². The van der Waals surface area contributed by atoms with E-state index in [0.717, 1.165) is 30.6 Å². The first-order valence-electron chi connectivity index (χ1n) is 6.74. The van der Waals surface area contributed by atoms with Gasteiger partial charge in [-0.05, 0) is 36.6 Å². The van der Waals surface area contributed by atoms with Crippen LogP contribution in [0, 0.1) is 0 Å². The molecule has 0 amide bonds. The molecule has 0 aliphatic carbocycles. The second-order valence-corrected chi connectivity index (χ2v) is 8.31. The van der Waals surface area contributed by atoms with Gasteiger partial charge in [0.05, 0.1) is 4.90 Å². The molecule has 1 heterocycles. The van der Waals surface area contributed by atoms with E-state index < -0.39 is 20.8 Å². The second-order valence-electron chi connectivity index (χ2n) is 4.68. The maximum Gasteiger partial charge on any atom is 0.240 e. The average Bonchev–Trinajstić information content (AvgIpc) is 2.46. The predicted molar refractivity (Wildman–Crippen MR) is 82.0 cm³/mol. The van der Waals surface area contributed by atoms with E-state index in [-0.39, 0.29) is 11.4 Å². The normalized spacial score (nSPS) is 16.2. The number of nitrogens with one attached hydrogen (secondary N) is 2. The summed E-state index contributed by atoms with van der Waals surface area (Å²) in [6.07, 6.45) is 1.91. The van der Waals surface area contributed by atoms with Gasteiger partial charge in [-0.3, -0.25) is 4.21 Å². The molecule has 0 aromatic heterocycles. The zero-order valence-electron chi connectivity index (χ0n) is 11.5. The molecule has 2 rings (SSSR count). The highest BCUT2D eigenvalue weighted by molar-refractivity contribution is 7.89. The maximum atomic E-state index is 12.2. The summed E-state index contributed by atoms with van der Waals surface area (Å²) in [6, 6.07) is 5.14. The molecule has 20 heavy (non-hydrogen) atoms. The molecule has 1 aliphatic rings. The topological polar surface area (TPSA) is 75.3 Å². The Hall–Kier alpha value is -0.920. The zero-order chi connectivity index (χ0) is 14.6. The van der Waals surface area contributed by atoms with Gasteiger partial charge in [-0.15, -0.1) is 0 Å². The van der Waals surface area contributed by atoms with Crippen molar-refractivity contribution >= 4 is 26.5 Å². The fourth-order valence-electron chi connectivity index (χ4n) is 2.14. The second kappa shape index (κ2) is 6.69. The van der Waals surface area contributed by atoms with E-state index >= 15 is 0 Å². The summed E-state index contributed by atoms with van der Waals surface area (Å²) in [5.41, 5.74) is 2.05. The van der Waals surface area contributed by atoms with Crippen LogP contribution in [0.2, 0.25) is 0 Å². The van der Waals surface area contributed by atoms with Crippen molar-refractivity contribution in [3.05, 3.63) is 23.8 Å². The molecule has 0 radical (unpaired) electrons. The first-order chi connectivity index (χ1) is 9.53. The lowest BCUT2D eigenvalue weighted by Gasteiger charge is -2.18. The Balaban J connectivity index is 2.07. The molecule has 1 aliphatic heterocycles. The Bertz CT molecular complexity index is 600. The third-order valence-electron chi connectivity index (χ3n) is 3.27. The molecule has 0 spiro atoms. The summed E-state index contributed by atoms with van der Waals surface area (Å²) in [5, 5.41) is 3.25. The van der Waals surface area contributed by atoms with Crippen molar-refractivity contribution < 1.29 is 12.6 Å². The minimum absolute atomic E-state index is 0.206. The molecule has 5 nitrogen and oxygen atoms in total. The van der Waals surface area contributed by atoms with Gasteiger partial charge in [0.15, 0.2) is 0 Å². The van der Waals surface area contributed by atoms with E-state index in [2.05, 4.69) is 10.0 Å². The Kier molecular flexibility index (Phi) is 5.17. The van der Waals surface area contributed by atoms with Crippen LogP contribution in [-0.2, 0) is 27.2 Å². The van der Waals surface area contributed by atoms with Crippen LogP contribution >= 0.6 is 0 Å². The molecule has 112 valence electrons. The Morgan fingerprint density at radius 3 is 2.95 bits per heavy atom. The van der Waals surface area contributed by atoms with Crippen LogP contribution in [0.1, 0.15) is 18.9 Å². The monoisotopic (exact) mass is 316 g/mol. The number of anilines is 1. The van der Waals surface area contributed by atoms with Gasteiger partial charge in [0.1, 0.15) is 0 Å². The fraction of sp³-hybridized carbons (Fsp3) is 0.538. The number of benzene rings is 1. The molecule has 7 heteroatoms. The minimum atomic E-state index is -3.51. The summed E-state index contributed by atoms with van der Waals surface area (Å²) < 4.78 is 38.1. The molecular formula is C13H20N2O3S2. The number of aryl methyl sites for hydroxylation is 1. The lowest BCUT2D eigenvalue weighted by Crippen LogP contribution is -2.28. The van der Waals surface area contributed by atoms with Gasteiger partial charge in [-0.1, -0.05) is 6.92 Å². The lowest BCUT2D eigenvalue weighted by molar-refractivity contribution is 0.583. The first-order valence-corrected chi connectivity index (χ1v) is 9.71. The lowest BCUT2D eigenvalue weighted by atomic mass is 10.0. The third-order valence-corrected chi connectivity index (χ3v) is 6.03. The van der Waals surface area contributed by atoms with E-state index in [1.807, 2.05) is 13.0 Å². The number of fused-ring (bicyclic) bond motifs is 1. The van der Waals surface area contributed by atoms with Gasteiger partial charge in [0, 0.05) is 41.1 Å². The third kappa shape index (κ3) is 3.80. The summed E-state index contributed by atoms with van der Waals surface area (Å²) in [6.45, 7) is 2.96. The SMILES string of the molecule is CCS(=O)CCNS(=O)(=O)c1ccc2c(c1)CCCN2. The van der Waals surface area contributed by atoms with Crippen LogP contribution in [0.3, 0.4) is 0 Å². The molecular weight excluding hydrogens is 296 g/mol. The smallest absolute Gasteiger partial charge is 0.240 e. The van der Waals surface area contributed by atoms with Crippen LogP contribution in [0.4, 0.5) is 5.69 Å². The highest BCUT2D eigenvalue weighted by Gasteiger charge is 2.17. The molecule has 1 atom stereocenters. The fourth-order valence-corrected chi connectivity index (χ4v) is 3.97. The van der Waals surface area contributed by atoms with Crippen LogP contribution in [0.15, 0.2) is 23.1 Å². The average molecular weight is 316 g/mol. The van der Waals surface area contributed by atoms with E-state index in [9.17, 15) is 12.6 Å². The van der Waals surface area contributed by atoms with Crippen LogP contribution in [0.25, 0.3) is 0 Å². The molecule has 1 aromatic carbocycles. The largest absolute Gasteiger partial charge is 0.385 e. The molecule has 0 saturated heterocycles. The van der Waals surface area contributed by atoms with E-state index in [4.69, 9.17) is 0 Å². The van der Waals surface area contributed by atoms with Crippen LogP contribution in [-0.4, -0.2) is 37.2 Å². The summed E-state index contributed by atoms with van der Waals surface area (Å²) >= 11 is 0. The van der Waals surface area contributed by atoms with Gasteiger partial charge in [0.2, 0.25) is 10.0 Å². The van der Waals surface area contributed by atoms with Gasteiger partial charge >= 0.3 is 0 Å². The van der Waals surface area contributed by atoms with Crippen LogP contribution < -0.4 is 10.0 Å². The number of sulfonamides is 1. The summed E-state index contributed by atoms with van der Waals surface area (Å²) in [7, 11) is -4.47. The molecule has 2 N–H and O–H groups in total. The maximum absolute atomic E-state index is 12.2. The Morgan fingerprint density at radius 1 is 1.40 bits per heavy atom. The Labute approximate surface area is 122 Å². The summed E-state index contributed by atoms with van der Waals surface area (Å²) in [5.74, 6) is 0.897. The molecule has 0 fully saturated rings. The number of hydrogen-bond acceptors (Lipinski definition) is 4. The molecule has 0 saturated carbocycles. The number of hydrogen-bond donors (Lipinski definition) is 2. The zero-order valence-corrected chi connectivity index (χ0v) is 13.1. The van der Waals surface area contributed by atoms with Gasteiger partial charge in [-0.25, -0.2) is 13.1 Å². The predicted octanol–water partition coefficient (Wildman–Crippen LogP) is 1.09. The highest BCUT2D eigenvalue weighted by atomic mass is 32.2. The van der Waals surface area contributed by atoms with Crippen molar-refractivity contribution in [2.75, 3.05) is 29.9 Å². The van der Waals surface area contributed by atoms with Crippen molar-refractivity contribution in [1.29, 1.82) is 0 Å². The van der Waals surface area contributed by atoms with Crippen LogP contribution in [0.5, 0.6) is 0 Å². The van der Waals surface area contributed by atoms with Crippen molar-refractivity contribution in [1.82, 2.24) is 4.72 Å². The summed E-state index contributed by atoms with van der Waals surface area (Å²) in [4.78, 5) is 0.280. The Morgan fingerprint density at radius 2 is 2.20 bits per heavy atom. The van der Waals surface area contributed by atoms with Gasteiger partial charge < -0.3 is 5.32 Å². The molecule has 1 unspecified atom stereocenters. The van der Waals surface area contributed by atoms with Crippen molar-refractivity contribution in [2.45, 2.75) is 24.7 Å². The first kappa shape index (κ1) is 15.5. The quantitative estimate of drug-likeness (QED) is 0.824. The van der Waals surface area contributed by atoms with Gasteiger partial charge in [-0.2, -0.15) is 0 Å². The van der Waals surface area contributed by atoms with E-state index in [1.165, 1.54) is 0 Å².